The molecule has 1 fully saturated rings. The third-order valence-electron chi connectivity index (χ3n) is 5.47. The molecule has 0 unspecified atom stereocenters. The van der Waals surface area contributed by atoms with E-state index in [1.165, 1.54) is 7.11 Å². The number of nitrogens with one attached hydrogen (secondary N) is 1. The van der Waals surface area contributed by atoms with E-state index in [0.717, 1.165) is 41.3 Å². The zero-order valence-corrected chi connectivity index (χ0v) is 19.3. The van der Waals surface area contributed by atoms with E-state index in [2.05, 4.69) is 10.2 Å². The topological polar surface area (TPSA) is 60.0 Å². The van der Waals surface area contributed by atoms with Crippen molar-refractivity contribution >= 4 is 28.9 Å². The van der Waals surface area contributed by atoms with E-state index in [0.29, 0.717) is 37.0 Å². The SMILES string of the molecule is COC(=O)c1cc(NCc2cccc(OCc3ccc(Cl)cc3)c2)ccc1N1CCOCC1. The number of anilines is 2. The molecule has 0 aliphatic carbocycles. The van der Waals surface area contributed by atoms with Gasteiger partial charge in [-0.25, -0.2) is 4.79 Å². The van der Waals surface area contributed by atoms with Gasteiger partial charge in [-0.15, -0.1) is 0 Å². The predicted octanol–water partition coefficient (Wildman–Crippen LogP) is 5.15. The van der Waals surface area contributed by atoms with Crippen LogP contribution in [0.25, 0.3) is 0 Å². The minimum atomic E-state index is -0.349. The highest BCUT2D eigenvalue weighted by atomic mass is 35.5. The first-order chi connectivity index (χ1) is 16.1. The van der Waals surface area contributed by atoms with E-state index >= 15 is 0 Å². The summed E-state index contributed by atoms with van der Waals surface area (Å²) in [6.45, 7) is 3.86. The van der Waals surface area contributed by atoms with E-state index in [1.54, 1.807) is 0 Å². The molecule has 0 spiro atoms. The molecule has 7 heteroatoms. The summed E-state index contributed by atoms with van der Waals surface area (Å²) in [7, 11) is 1.40. The Bertz CT molecular complexity index is 1080. The van der Waals surface area contributed by atoms with E-state index < -0.39 is 0 Å². The summed E-state index contributed by atoms with van der Waals surface area (Å²) in [5.74, 6) is 0.444. The number of rotatable bonds is 8. The van der Waals surface area contributed by atoms with E-state index in [9.17, 15) is 4.79 Å². The van der Waals surface area contributed by atoms with Crippen LogP contribution in [0.15, 0.2) is 66.7 Å². The number of esters is 1. The highest BCUT2D eigenvalue weighted by Crippen LogP contribution is 2.27. The molecule has 0 saturated carbocycles. The zero-order valence-electron chi connectivity index (χ0n) is 18.6. The van der Waals surface area contributed by atoms with Crippen molar-refractivity contribution in [1.29, 1.82) is 0 Å². The highest BCUT2D eigenvalue weighted by molar-refractivity contribution is 6.30. The van der Waals surface area contributed by atoms with Gasteiger partial charge in [0.15, 0.2) is 0 Å². The van der Waals surface area contributed by atoms with Gasteiger partial charge in [-0.3, -0.25) is 0 Å². The molecule has 3 aromatic carbocycles. The number of hydrogen-bond acceptors (Lipinski definition) is 6. The van der Waals surface area contributed by atoms with Crippen LogP contribution in [0.1, 0.15) is 21.5 Å². The first-order valence-corrected chi connectivity index (χ1v) is 11.3. The number of morpholine rings is 1. The lowest BCUT2D eigenvalue weighted by Gasteiger charge is -2.30. The van der Waals surface area contributed by atoms with Crippen molar-refractivity contribution in [3.05, 3.63) is 88.4 Å². The molecule has 1 aliphatic heterocycles. The summed E-state index contributed by atoms with van der Waals surface area (Å²) in [4.78, 5) is 14.6. The van der Waals surface area contributed by atoms with E-state index in [-0.39, 0.29) is 5.97 Å². The van der Waals surface area contributed by atoms with Crippen molar-refractivity contribution in [2.75, 3.05) is 43.6 Å². The van der Waals surface area contributed by atoms with Gasteiger partial charge in [0.2, 0.25) is 0 Å². The van der Waals surface area contributed by atoms with Gasteiger partial charge >= 0.3 is 5.97 Å². The summed E-state index contributed by atoms with van der Waals surface area (Å²) < 4.78 is 16.4. The smallest absolute Gasteiger partial charge is 0.340 e. The highest BCUT2D eigenvalue weighted by Gasteiger charge is 2.20. The first-order valence-electron chi connectivity index (χ1n) is 10.9. The predicted molar refractivity (Wildman–Crippen MR) is 130 cm³/mol. The molecule has 4 rings (SSSR count). The standard InChI is InChI=1S/C26H27ClN2O4/c1-31-26(30)24-16-22(9-10-25(24)29-11-13-32-14-12-29)28-17-20-3-2-4-23(15-20)33-18-19-5-7-21(27)8-6-19/h2-10,15-16,28H,11-14,17-18H2,1H3. The number of carbonyl (C=O) groups excluding carboxylic acids is 1. The summed E-state index contributed by atoms with van der Waals surface area (Å²) in [6, 6.07) is 21.3. The molecule has 0 atom stereocenters. The number of halogens is 1. The van der Waals surface area contributed by atoms with Crippen LogP contribution in [0.4, 0.5) is 11.4 Å². The second kappa shape index (κ2) is 11.1. The first kappa shape index (κ1) is 23.0. The van der Waals surface area contributed by atoms with Gasteiger partial charge in [0.05, 0.1) is 31.6 Å². The Morgan fingerprint density at radius 3 is 2.58 bits per heavy atom. The fourth-order valence-electron chi connectivity index (χ4n) is 3.70. The number of ether oxygens (including phenoxy) is 3. The minimum Gasteiger partial charge on any atom is -0.489 e. The van der Waals surface area contributed by atoms with Crippen molar-refractivity contribution in [2.24, 2.45) is 0 Å². The number of benzene rings is 3. The van der Waals surface area contributed by atoms with Gasteiger partial charge < -0.3 is 24.4 Å². The molecular formula is C26H27ClN2O4. The second-order valence-electron chi connectivity index (χ2n) is 7.74. The van der Waals surface area contributed by atoms with Crippen LogP contribution >= 0.6 is 11.6 Å². The van der Waals surface area contributed by atoms with Crippen LogP contribution < -0.4 is 15.0 Å². The third kappa shape index (κ3) is 6.18. The van der Waals surface area contributed by atoms with Gasteiger partial charge in [-0.2, -0.15) is 0 Å². The van der Waals surface area contributed by atoms with Crippen molar-refractivity contribution in [1.82, 2.24) is 0 Å². The lowest BCUT2D eigenvalue weighted by atomic mass is 10.1. The number of carbonyl (C=O) groups is 1. The van der Waals surface area contributed by atoms with Crippen LogP contribution in [0.3, 0.4) is 0 Å². The van der Waals surface area contributed by atoms with Crippen molar-refractivity contribution in [2.45, 2.75) is 13.2 Å². The van der Waals surface area contributed by atoms with Crippen LogP contribution in [0.5, 0.6) is 5.75 Å². The summed E-state index contributed by atoms with van der Waals surface area (Å²) >= 11 is 5.94. The van der Waals surface area contributed by atoms with Crippen LogP contribution in [0.2, 0.25) is 5.02 Å². The number of methoxy groups -OCH3 is 1. The molecule has 0 bridgehead atoms. The minimum absolute atomic E-state index is 0.349. The molecule has 1 N–H and O–H groups in total. The molecule has 1 heterocycles. The quantitative estimate of drug-likeness (QED) is 0.463. The largest absolute Gasteiger partial charge is 0.489 e. The molecule has 172 valence electrons. The summed E-state index contributed by atoms with van der Waals surface area (Å²) in [5, 5.41) is 4.10. The normalized spacial score (nSPS) is 13.5. The molecule has 0 amide bonds. The second-order valence-corrected chi connectivity index (χ2v) is 8.18. The monoisotopic (exact) mass is 466 g/mol. The van der Waals surface area contributed by atoms with E-state index in [4.69, 9.17) is 25.8 Å². The Labute approximate surface area is 199 Å². The van der Waals surface area contributed by atoms with Crippen LogP contribution in [0, 0.1) is 0 Å². The lowest BCUT2D eigenvalue weighted by Crippen LogP contribution is -2.37. The molecule has 0 radical (unpaired) electrons. The Morgan fingerprint density at radius 2 is 1.82 bits per heavy atom. The average Bonchev–Trinajstić information content (AvgIpc) is 2.87. The summed E-state index contributed by atoms with van der Waals surface area (Å²) in [6.07, 6.45) is 0. The van der Waals surface area contributed by atoms with Gasteiger partial charge in [-0.05, 0) is 53.6 Å². The Kier molecular flexibility index (Phi) is 7.70. The maximum Gasteiger partial charge on any atom is 0.340 e. The van der Waals surface area contributed by atoms with Gasteiger partial charge in [-0.1, -0.05) is 35.9 Å². The molecule has 1 saturated heterocycles. The Balaban J connectivity index is 1.41. The Hall–Kier alpha value is -3.22. The van der Waals surface area contributed by atoms with Gasteiger partial charge in [0.1, 0.15) is 12.4 Å². The molecule has 1 aliphatic rings. The lowest BCUT2D eigenvalue weighted by molar-refractivity contribution is 0.0600. The maximum atomic E-state index is 12.4. The van der Waals surface area contributed by atoms with Crippen LogP contribution in [-0.2, 0) is 22.6 Å². The molecule has 0 aromatic heterocycles. The van der Waals surface area contributed by atoms with Crippen molar-refractivity contribution in [3.8, 4) is 5.75 Å². The number of hydrogen-bond donors (Lipinski definition) is 1. The third-order valence-corrected chi connectivity index (χ3v) is 5.72. The molecular weight excluding hydrogens is 440 g/mol. The molecule has 6 nitrogen and oxygen atoms in total. The summed E-state index contributed by atoms with van der Waals surface area (Å²) in [5.41, 5.74) is 4.39. The van der Waals surface area contributed by atoms with E-state index in [1.807, 2.05) is 66.7 Å². The maximum absolute atomic E-state index is 12.4. The number of nitrogens with zero attached hydrogens (tertiary/aromatic N) is 1. The van der Waals surface area contributed by atoms with Gasteiger partial charge in [0, 0.05) is 30.3 Å². The fourth-order valence-corrected chi connectivity index (χ4v) is 3.82. The zero-order chi connectivity index (χ0) is 23.0. The average molecular weight is 467 g/mol. The molecule has 3 aromatic rings. The fraction of sp³-hybridized carbons (Fsp3) is 0.269. The molecule has 33 heavy (non-hydrogen) atoms. The van der Waals surface area contributed by atoms with Crippen molar-refractivity contribution in [3.63, 3.8) is 0 Å². The van der Waals surface area contributed by atoms with Gasteiger partial charge in [0.25, 0.3) is 0 Å². The Morgan fingerprint density at radius 1 is 1.03 bits per heavy atom. The van der Waals surface area contributed by atoms with Crippen molar-refractivity contribution < 1.29 is 19.0 Å². The van der Waals surface area contributed by atoms with Crippen LogP contribution in [-0.4, -0.2) is 39.4 Å².